The molecule has 0 bridgehead atoms. The number of ketones is 1. The zero-order valence-electron chi connectivity index (χ0n) is 6.84. The zero-order chi connectivity index (χ0) is 10.0. The number of Topliss-reactive ketones (excluding diaryl/α,β-unsaturated/α-hetero) is 1. The fourth-order valence-electron chi connectivity index (χ4n) is 0.896. The number of carbonyl (C=O) groups excluding carboxylic acids is 1. The number of H-pyrrole nitrogens is 2. The van der Waals surface area contributed by atoms with Crippen LogP contribution < -0.4 is 16.4 Å². The molecule has 0 fully saturated rings. The molecule has 6 nitrogen and oxygen atoms in total. The molecule has 0 aromatic carbocycles. The molecule has 0 radical (unpaired) electrons. The fraction of sp³-hybridized carbons (Fsp3) is 0.286. The standard InChI is InChI=1S/C7H8N2O4/c1-2-3(10)4-5(11)8-7(13)9-6(4)12/h2H2,1H3,(H3,8,9,11,12,13)/p-1. The lowest BCUT2D eigenvalue weighted by Crippen LogP contribution is -2.29. The molecule has 0 atom stereocenters. The summed E-state index contributed by atoms with van der Waals surface area (Å²) in [6.45, 7) is 1.52. The van der Waals surface area contributed by atoms with Gasteiger partial charge in [-0.15, -0.1) is 0 Å². The predicted molar refractivity (Wildman–Crippen MR) is 41.8 cm³/mol. The van der Waals surface area contributed by atoms with E-state index in [0.717, 1.165) is 0 Å². The number of hydrogen-bond acceptors (Lipinski definition) is 4. The van der Waals surface area contributed by atoms with Gasteiger partial charge in [0.1, 0.15) is 0 Å². The summed E-state index contributed by atoms with van der Waals surface area (Å²) >= 11 is 0. The lowest BCUT2D eigenvalue weighted by Gasteiger charge is -2.08. The maximum absolute atomic E-state index is 11.0. The minimum absolute atomic E-state index is 0.0460. The molecule has 2 N–H and O–H groups in total. The van der Waals surface area contributed by atoms with Crippen molar-refractivity contribution >= 4 is 5.78 Å². The van der Waals surface area contributed by atoms with Gasteiger partial charge in [0.15, 0.2) is 5.78 Å². The van der Waals surface area contributed by atoms with Crippen LogP contribution in [0.15, 0.2) is 9.59 Å². The average Bonchev–Trinajstić information content (AvgIpc) is 2.02. The quantitative estimate of drug-likeness (QED) is 0.557. The smallest absolute Gasteiger partial charge is 0.325 e. The molecule has 0 saturated carbocycles. The van der Waals surface area contributed by atoms with Gasteiger partial charge < -0.3 is 10.1 Å². The van der Waals surface area contributed by atoms with E-state index in [4.69, 9.17) is 0 Å². The van der Waals surface area contributed by atoms with Crippen molar-refractivity contribution < 1.29 is 9.90 Å². The largest absolute Gasteiger partial charge is 0.859 e. The number of aromatic nitrogens is 2. The summed E-state index contributed by atoms with van der Waals surface area (Å²) in [4.78, 5) is 36.2. The fourth-order valence-corrected chi connectivity index (χ4v) is 0.896. The number of nitrogens with one attached hydrogen (secondary N) is 2. The zero-order valence-corrected chi connectivity index (χ0v) is 6.84. The first-order valence-corrected chi connectivity index (χ1v) is 3.63. The van der Waals surface area contributed by atoms with Crippen LogP contribution in [0.2, 0.25) is 0 Å². The topological polar surface area (TPSA) is 106 Å². The molecule has 1 aromatic rings. The highest BCUT2D eigenvalue weighted by molar-refractivity contribution is 5.97. The second kappa shape index (κ2) is 3.26. The van der Waals surface area contributed by atoms with Gasteiger partial charge in [-0.2, -0.15) is 0 Å². The van der Waals surface area contributed by atoms with Crippen molar-refractivity contribution in [1.29, 1.82) is 0 Å². The van der Waals surface area contributed by atoms with Crippen LogP contribution in [-0.4, -0.2) is 15.8 Å². The van der Waals surface area contributed by atoms with Gasteiger partial charge >= 0.3 is 5.69 Å². The van der Waals surface area contributed by atoms with Gasteiger partial charge in [-0.3, -0.25) is 14.6 Å². The Bertz CT molecular complexity index is 443. The summed E-state index contributed by atoms with van der Waals surface area (Å²) in [5.41, 5.74) is -2.34. The molecule has 0 amide bonds. The van der Waals surface area contributed by atoms with Gasteiger partial charge in [-0.05, 0) is 5.88 Å². The normalized spacial score (nSPS) is 9.92. The molecule has 70 valence electrons. The minimum atomic E-state index is -0.930. The van der Waals surface area contributed by atoms with Gasteiger partial charge in [0, 0.05) is 6.42 Å². The SMILES string of the molecule is CCC(=O)c1c([O-])[nH]c(=O)[nH]c1=O. The monoisotopic (exact) mass is 183 g/mol. The first-order valence-electron chi connectivity index (χ1n) is 3.63. The third kappa shape index (κ3) is 1.66. The third-order valence-corrected chi connectivity index (χ3v) is 1.51. The Labute approximate surface area is 72.2 Å². The Hall–Kier alpha value is -1.85. The van der Waals surface area contributed by atoms with Crippen molar-refractivity contribution in [1.82, 2.24) is 9.97 Å². The van der Waals surface area contributed by atoms with Gasteiger partial charge in [0.25, 0.3) is 5.56 Å². The highest BCUT2D eigenvalue weighted by Crippen LogP contribution is 2.03. The summed E-state index contributed by atoms with van der Waals surface area (Å²) in [5, 5.41) is 11.0. The molecule has 0 unspecified atom stereocenters. The predicted octanol–water partition coefficient (Wildman–Crippen LogP) is -1.27. The summed E-state index contributed by atoms with van der Waals surface area (Å²) < 4.78 is 0. The summed E-state index contributed by atoms with van der Waals surface area (Å²) in [6, 6.07) is 0. The lowest BCUT2D eigenvalue weighted by atomic mass is 10.2. The van der Waals surface area contributed by atoms with E-state index in [1.165, 1.54) is 6.92 Å². The molecule has 6 heteroatoms. The van der Waals surface area contributed by atoms with Crippen molar-refractivity contribution in [2.24, 2.45) is 0 Å². The molecule has 0 aliphatic carbocycles. The van der Waals surface area contributed by atoms with Gasteiger partial charge in [0.05, 0.1) is 5.56 Å². The van der Waals surface area contributed by atoms with E-state index in [2.05, 4.69) is 0 Å². The lowest BCUT2D eigenvalue weighted by molar-refractivity contribution is -0.275. The third-order valence-electron chi connectivity index (χ3n) is 1.51. The van der Waals surface area contributed by atoms with Crippen molar-refractivity contribution in [3.05, 3.63) is 26.4 Å². The highest BCUT2D eigenvalue weighted by Gasteiger charge is 2.09. The Morgan fingerprint density at radius 2 is 2.00 bits per heavy atom. The van der Waals surface area contributed by atoms with Crippen molar-refractivity contribution in [3.8, 4) is 5.88 Å². The molecule has 13 heavy (non-hydrogen) atoms. The van der Waals surface area contributed by atoms with Crippen LogP contribution in [0.4, 0.5) is 0 Å². The molecular weight excluding hydrogens is 176 g/mol. The van der Waals surface area contributed by atoms with Crippen LogP contribution in [0, 0.1) is 0 Å². The summed E-state index contributed by atoms with van der Waals surface area (Å²) in [5.74, 6) is -1.51. The van der Waals surface area contributed by atoms with Gasteiger partial charge in [-0.1, -0.05) is 6.92 Å². The van der Waals surface area contributed by atoms with E-state index in [0.29, 0.717) is 0 Å². The van der Waals surface area contributed by atoms with E-state index in [1.807, 2.05) is 9.97 Å². The second-order valence-electron chi connectivity index (χ2n) is 2.39. The van der Waals surface area contributed by atoms with Crippen molar-refractivity contribution in [2.45, 2.75) is 13.3 Å². The van der Waals surface area contributed by atoms with E-state index in [9.17, 15) is 19.5 Å². The Balaban J connectivity index is 3.46. The molecule has 0 saturated heterocycles. The van der Waals surface area contributed by atoms with Crippen LogP contribution in [0.1, 0.15) is 23.7 Å². The molecule has 1 rings (SSSR count). The maximum atomic E-state index is 11.0. The molecule has 1 heterocycles. The summed E-state index contributed by atoms with van der Waals surface area (Å²) in [7, 11) is 0. The van der Waals surface area contributed by atoms with E-state index >= 15 is 0 Å². The molecular formula is C7H7N2O4-. The van der Waals surface area contributed by atoms with Crippen molar-refractivity contribution in [3.63, 3.8) is 0 Å². The first-order chi connectivity index (χ1) is 6.06. The van der Waals surface area contributed by atoms with Crippen LogP contribution in [0.5, 0.6) is 5.88 Å². The molecule has 0 aliphatic heterocycles. The van der Waals surface area contributed by atoms with Crippen LogP contribution in [0.3, 0.4) is 0 Å². The van der Waals surface area contributed by atoms with Gasteiger partial charge in [0.2, 0.25) is 0 Å². The minimum Gasteiger partial charge on any atom is -0.859 e. The average molecular weight is 183 g/mol. The van der Waals surface area contributed by atoms with E-state index < -0.39 is 28.5 Å². The highest BCUT2D eigenvalue weighted by atomic mass is 16.3. The molecule has 1 aromatic heterocycles. The molecule has 0 spiro atoms. The molecule has 0 aliphatic rings. The Kier molecular flexibility index (Phi) is 2.32. The van der Waals surface area contributed by atoms with Crippen LogP contribution in [0.25, 0.3) is 0 Å². The number of hydrogen-bond donors (Lipinski definition) is 2. The number of rotatable bonds is 2. The van der Waals surface area contributed by atoms with E-state index in [-0.39, 0.29) is 6.42 Å². The number of carbonyl (C=O) groups is 1. The van der Waals surface area contributed by atoms with Crippen LogP contribution >= 0.6 is 0 Å². The van der Waals surface area contributed by atoms with Crippen LogP contribution in [-0.2, 0) is 0 Å². The Morgan fingerprint density at radius 3 is 2.46 bits per heavy atom. The number of aromatic amines is 2. The van der Waals surface area contributed by atoms with E-state index in [1.54, 1.807) is 0 Å². The van der Waals surface area contributed by atoms with Crippen molar-refractivity contribution in [2.75, 3.05) is 0 Å². The Morgan fingerprint density at radius 1 is 1.38 bits per heavy atom. The maximum Gasteiger partial charge on any atom is 0.325 e. The second-order valence-corrected chi connectivity index (χ2v) is 2.39. The van der Waals surface area contributed by atoms with Gasteiger partial charge in [-0.25, -0.2) is 4.79 Å². The summed E-state index contributed by atoms with van der Waals surface area (Å²) in [6.07, 6.45) is 0.0460. The first kappa shape index (κ1) is 9.24.